The maximum Gasteiger partial charge on any atom is 0.298 e. The second-order valence-corrected chi connectivity index (χ2v) is 6.70. The first-order valence-corrected chi connectivity index (χ1v) is 7.93. The van der Waals surface area contributed by atoms with E-state index >= 15 is 0 Å². The molecule has 0 N–H and O–H groups in total. The van der Waals surface area contributed by atoms with Gasteiger partial charge in [-0.15, -0.1) is 0 Å². The Hall–Kier alpha value is -2.76. The van der Waals surface area contributed by atoms with Gasteiger partial charge in [0.05, 0.1) is 11.8 Å². The summed E-state index contributed by atoms with van der Waals surface area (Å²) in [6.07, 6.45) is 0.461. The Balaban J connectivity index is 1.76. The second-order valence-electron chi connectivity index (χ2n) is 6.70. The molecule has 24 heavy (non-hydrogen) atoms. The molecule has 6 nitrogen and oxygen atoms in total. The number of nitrogens with zero attached hydrogens (tertiary/aromatic N) is 2. The quantitative estimate of drug-likeness (QED) is 0.623. The Labute approximate surface area is 138 Å². The summed E-state index contributed by atoms with van der Waals surface area (Å²) in [5.74, 6) is -0.791. The Morgan fingerprint density at radius 2 is 1.04 bits per heavy atom. The van der Waals surface area contributed by atoms with E-state index in [1.165, 1.54) is 0 Å². The average Bonchev–Trinajstić information content (AvgIpc) is 3.48. The fourth-order valence-corrected chi connectivity index (χ4v) is 4.34. The molecule has 0 bridgehead atoms. The van der Waals surface area contributed by atoms with Crippen molar-refractivity contribution in [1.82, 2.24) is 0 Å². The molecule has 2 aliphatic rings. The van der Waals surface area contributed by atoms with Gasteiger partial charge < -0.3 is 0 Å². The van der Waals surface area contributed by atoms with E-state index in [-0.39, 0.29) is 12.8 Å². The predicted octanol–water partition coefficient (Wildman–Crippen LogP) is 3.39. The summed E-state index contributed by atoms with van der Waals surface area (Å²) in [6, 6.07) is 18.2. The van der Waals surface area contributed by atoms with Crippen LogP contribution in [0.25, 0.3) is 0 Å². The summed E-state index contributed by atoms with van der Waals surface area (Å²) in [5.41, 5.74) is -1.38. The lowest BCUT2D eigenvalue weighted by Gasteiger charge is -2.16. The van der Waals surface area contributed by atoms with Gasteiger partial charge in [-0.05, 0) is 11.1 Å². The van der Waals surface area contributed by atoms with Gasteiger partial charge in [0.1, 0.15) is 0 Å². The van der Waals surface area contributed by atoms with E-state index in [1.807, 2.05) is 60.7 Å². The minimum Gasteiger partial charge on any atom is -0.264 e. The van der Waals surface area contributed by atoms with Crippen molar-refractivity contribution in [3.05, 3.63) is 92.0 Å². The maximum atomic E-state index is 11.9. The largest absolute Gasteiger partial charge is 0.298 e. The number of nitro groups is 2. The monoisotopic (exact) mass is 324 g/mol. The van der Waals surface area contributed by atoms with Crippen LogP contribution in [-0.4, -0.2) is 20.9 Å². The Morgan fingerprint density at radius 3 is 1.33 bits per heavy atom. The fraction of sp³-hybridized carbons (Fsp3) is 0.333. The summed E-state index contributed by atoms with van der Waals surface area (Å²) < 4.78 is 0. The molecular formula is C18H16N2O4. The lowest BCUT2D eigenvalue weighted by molar-refractivity contribution is -0.644. The van der Waals surface area contributed by atoms with Crippen molar-refractivity contribution in [1.29, 1.82) is 0 Å². The van der Waals surface area contributed by atoms with Crippen molar-refractivity contribution in [2.75, 3.05) is 0 Å². The van der Waals surface area contributed by atoms with Crippen LogP contribution in [0, 0.1) is 20.2 Å². The molecule has 2 aromatic carbocycles. The number of hydrogen-bond acceptors (Lipinski definition) is 4. The summed E-state index contributed by atoms with van der Waals surface area (Å²) >= 11 is 0. The van der Waals surface area contributed by atoms with Crippen LogP contribution in [0.5, 0.6) is 0 Å². The van der Waals surface area contributed by atoms with Gasteiger partial charge in [-0.25, -0.2) is 0 Å². The molecular weight excluding hydrogens is 308 g/mol. The molecule has 4 rings (SSSR count). The van der Waals surface area contributed by atoms with Crippen molar-refractivity contribution < 1.29 is 9.85 Å². The molecule has 0 saturated heterocycles. The van der Waals surface area contributed by atoms with Crippen LogP contribution >= 0.6 is 0 Å². The van der Waals surface area contributed by atoms with E-state index < -0.39 is 32.8 Å². The zero-order valence-corrected chi connectivity index (χ0v) is 12.9. The number of benzene rings is 2. The van der Waals surface area contributed by atoms with Gasteiger partial charge in [-0.2, -0.15) is 0 Å². The predicted molar refractivity (Wildman–Crippen MR) is 87.1 cm³/mol. The normalized spacial score (nSPS) is 33.7. The molecule has 0 spiro atoms. The maximum absolute atomic E-state index is 11.9. The van der Waals surface area contributed by atoms with Gasteiger partial charge in [0, 0.05) is 22.7 Å². The first-order valence-electron chi connectivity index (χ1n) is 7.93. The Bertz CT molecular complexity index is 741. The highest BCUT2D eigenvalue weighted by molar-refractivity contribution is 5.44. The highest BCUT2D eigenvalue weighted by Gasteiger charge is 2.93. The molecule has 4 atom stereocenters. The van der Waals surface area contributed by atoms with Crippen LogP contribution < -0.4 is 0 Å². The highest BCUT2D eigenvalue weighted by Crippen LogP contribution is 2.73. The summed E-state index contributed by atoms with van der Waals surface area (Å²) in [7, 11) is 0. The molecule has 2 aliphatic carbocycles. The lowest BCUT2D eigenvalue weighted by atomic mass is 9.93. The molecule has 0 heterocycles. The first kappa shape index (κ1) is 14.8. The molecule has 0 aliphatic heterocycles. The summed E-state index contributed by atoms with van der Waals surface area (Å²) in [6.45, 7) is 0. The van der Waals surface area contributed by atoms with Gasteiger partial charge >= 0.3 is 0 Å². The van der Waals surface area contributed by atoms with Gasteiger partial charge in [0.2, 0.25) is 0 Å². The average molecular weight is 324 g/mol. The Morgan fingerprint density at radius 1 is 0.708 bits per heavy atom. The molecule has 0 aromatic heterocycles. The molecule has 0 amide bonds. The SMILES string of the molecule is O=[N+]([O-])[C@]1([C@@]2([N+](=O)[O-])C[C@H]2c2ccccc2)C[C@H]1c1ccccc1. The molecule has 122 valence electrons. The van der Waals surface area contributed by atoms with E-state index in [2.05, 4.69) is 0 Å². The first-order chi connectivity index (χ1) is 11.5. The molecule has 2 aromatic rings. The van der Waals surface area contributed by atoms with Crippen molar-refractivity contribution >= 4 is 0 Å². The van der Waals surface area contributed by atoms with E-state index in [0.29, 0.717) is 0 Å². The Kier molecular flexibility index (Phi) is 3.00. The van der Waals surface area contributed by atoms with Crippen molar-refractivity contribution in [3.63, 3.8) is 0 Å². The van der Waals surface area contributed by atoms with Crippen LogP contribution in [0.3, 0.4) is 0 Å². The smallest absolute Gasteiger partial charge is 0.264 e. The number of rotatable bonds is 5. The molecule has 2 fully saturated rings. The molecule has 0 radical (unpaired) electrons. The summed E-state index contributed by atoms with van der Waals surface area (Å²) in [5, 5.41) is 23.9. The second kappa shape index (κ2) is 4.87. The van der Waals surface area contributed by atoms with Crippen LogP contribution in [0.4, 0.5) is 0 Å². The standard InChI is InChI=1S/C18H16N2O4/c21-19(22)17(11-15(17)13-7-3-1-4-8-13)18(20(23)24)12-16(18)14-9-5-2-6-10-14/h1-10,15-16H,11-12H2/t15-,16-,17+,18+/m0/s1. The van der Waals surface area contributed by atoms with Crippen molar-refractivity contribution in [2.45, 2.75) is 35.8 Å². The van der Waals surface area contributed by atoms with E-state index in [0.717, 1.165) is 11.1 Å². The third-order valence-corrected chi connectivity index (χ3v) is 5.67. The highest BCUT2D eigenvalue weighted by atomic mass is 16.7. The van der Waals surface area contributed by atoms with E-state index in [1.54, 1.807) is 0 Å². The molecule has 6 heteroatoms. The van der Waals surface area contributed by atoms with E-state index in [9.17, 15) is 20.2 Å². The molecule has 0 unspecified atom stereocenters. The third-order valence-electron chi connectivity index (χ3n) is 5.67. The fourth-order valence-electron chi connectivity index (χ4n) is 4.34. The zero-order chi connectivity index (χ0) is 16.9. The lowest BCUT2D eigenvalue weighted by Crippen LogP contribution is -2.46. The number of hydrogen-bond donors (Lipinski definition) is 0. The van der Waals surface area contributed by atoms with Gasteiger partial charge in [0.15, 0.2) is 0 Å². The zero-order valence-electron chi connectivity index (χ0n) is 12.9. The van der Waals surface area contributed by atoms with Gasteiger partial charge in [-0.3, -0.25) is 20.2 Å². The minimum absolute atomic E-state index is 0.230. The topological polar surface area (TPSA) is 86.3 Å². The van der Waals surface area contributed by atoms with Gasteiger partial charge in [0.25, 0.3) is 11.1 Å². The van der Waals surface area contributed by atoms with Crippen LogP contribution in [-0.2, 0) is 0 Å². The van der Waals surface area contributed by atoms with Crippen LogP contribution in [0.1, 0.15) is 35.8 Å². The molecule has 2 saturated carbocycles. The van der Waals surface area contributed by atoms with Crippen LogP contribution in [0.2, 0.25) is 0 Å². The van der Waals surface area contributed by atoms with Crippen LogP contribution in [0.15, 0.2) is 60.7 Å². The summed E-state index contributed by atoms with van der Waals surface area (Å²) in [4.78, 5) is 23.1. The van der Waals surface area contributed by atoms with Crippen molar-refractivity contribution in [3.8, 4) is 0 Å². The third kappa shape index (κ3) is 1.76. The minimum atomic E-state index is -1.50. The van der Waals surface area contributed by atoms with E-state index in [4.69, 9.17) is 0 Å². The van der Waals surface area contributed by atoms with Crippen molar-refractivity contribution in [2.24, 2.45) is 0 Å². The van der Waals surface area contributed by atoms with Gasteiger partial charge in [-0.1, -0.05) is 60.7 Å².